The minimum Gasteiger partial charge on any atom is -0.337 e. The lowest BCUT2D eigenvalue weighted by Gasteiger charge is -2.31. The van der Waals surface area contributed by atoms with Crippen LogP contribution in [0.3, 0.4) is 0 Å². The number of aromatic nitrogens is 4. The molecule has 1 saturated heterocycles. The van der Waals surface area contributed by atoms with Gasteiger partial charge in [0.15, 0.2) is 5.69 Å². The average molecular weight is 444 g/mol. The van der Waals surface area contributed by atoms with Crippen LogP contribution in [0.25, 0.3) is 11.0 Å². The summed E-state index contributed by atoms with van der Waals surface area (Å²) in [5.74, 6) is -0.986. The number of hydrogen-bond acceptors (Lipinski definition) is 5. The highest BCUT2D eigenvalue weighted by molar-refractivity contribution is 6.03. The van der Waals surface area contributed by atoms with E-state index in [0.29, 0.717) is 24.3 Å². The molecule has 9 heteroatoms. The maximum Gasteiger partial charge on any atom is 0.276 e. The molecular weight excluding hydrogens is 423 g/mol. The van der Waals surface area contributed by atoms with Gasteiger partial charge in [0, 0.05) is 24.7 Å². The number of rotatable bonds is 4. The van der Waals surface area contributed by atoms with Crippen molar-refractivity contribution in [3.05, 3.63) is 83.7 Å². The standard InChI is InChI=1S/C24H21FN6O2/c25-16-5-1-2-6-17(16)28-23(32)21-13-20(29-30-21)15-9-11-31(12-10-15)24(33)22-14-26-18-7-3-4-8-19(18)27-22/h1-8,13-15H,9-12H2,(H,28,32)(H,29,30). The van der Waals surface area contributed by atoms with Crippen LogP contribution in [0.1, 0.15) is 45.4 Å². The summed E-state index contributed by atoms with van der Waals surface area (Å²) in [7, 11) is 0. The molecule has 0 radical (unpaired) electrons. The minimum absolute atomic E-state index is 0.107. The Morgan fingerprint density at radius 3 is 2.52 bits per heavy atom. The number of para-hydroxylation sites is 3. The third-order valence-corrected chi connectivity index (χ3v) is 5.84. The number of amides is 2. The molecule has 0 bridgehead atoms. The number of carbonyl (C=O) groups excluding carboxylic acids is 2. The summed E-state index contributed by atoms with van der Waals surface area (Å²) in [5, 5.41) is 9.55. The quantitative estimate of drug-likeness (QED) is 0.499. The molecule has 2 N–H and O–H groups in total. The maximum absolute atomic E-state index is 13.8. The second-order valence-electron chi connectivity index (χ2n) is 7.95. The van der Waals surface area contributed by atoms with Gasteiger partial charge in [0.05, 0.1) is 22.9 Å². The molecule has 1 aliphatic rings. The Morgan fingerprint density at radius 2 is 1.73 bits per heavy atom. The van der Waals surface area contributed by atoms with Gasteiger partial charge in [0.25, 0.3) is 11.8 Å². The number of nitrogens with zero attached hydrogens (tertiary/aromatic N) is 4. The fourth-order valence-corrected chi connectivity index (χ4v) is 4.03. The Kier molecular flexibility index (Phi) is 5.52. The molecule has 0 atom stereocenters. The summed E-state index contributed by atoms with van der Waals surface area (Å²) in [6, 6.07) is 15.1. The molecule has 1 fully saturated rings. The number of piperidine rings is 1. The molecule has 3 heterocycles. The highest BCUT2D eigenvalue weighted by Crippen LogP contribution is 2.28. The molecule has 4 aromatic rings. The van der Waals surface area contributed by atoms with Crippen molar-refractivity contribution in [2.45, 2.75) is 18.8 Å². The van der Waals surface area contributed by atoms with Gasteiger partial charge < -0.3 is 10.2 Å². The lowest BCUT2D eigenvalue weighted by molar-refractivity contribution is 0.0706. The Balaban J connectivity index is 1.21. The smallest absolute Gasteiger partial charge is 0.276 e. The van der Waals surface area contributed by atoms with Crippen molar-refractivity contribution in [1.82, 2.24) is 25.1 Å². The zero-order valence-corrected chi connectivity index (χ0v) is 17.7. The first kappa shape index (κ1) is 20.7. The molecule has 0 saturated carbocycles. The number of hydrogen-bond donors (Lipinski definition) is 2. The molecule has 1 aliphatic heterocycles. The maximum atomic E-state index is 13.8. The van der Waals surface area contributed by atoms with Gasteiger partial charge in [-0.15, -0.1) is 0 Å². The summed E-state index contributed by atoms with van der Waals surface area (Å²) in [4.78, 5) is 35.9. The van der Waals surface area contributed by atoms with E-state index in [4.69, 9.17) is 0 Å². The summed E-state index contributed by atoms with van der Waals surface area (Å²) >= 11 is 0. The number of halogens is 1. The fraction of sp³-hybridized carbons (Fsp3) is 0.208. The zero-order chi connectivity index (χ0) is 22.8. The number of carbonyl (C=O) groups is 2. The van der Waals surface area contributed by atoms with Crippen molar-refractivity contribution in [1.29, 1.82) is 0 Å². The van der Waals surface area contributed by atoms with Crippen LogP contribution >= 0.6 is 0 Å². The van der Waals surface area contributed by atoms with E-state index in [-0.39, 0.29) is 23.2 Å². The van der Waals surface area contributed by atoms with Gasteiger partial charge in [0.2, 0.25) is 0 Å². The molecular formula is C24H21FN6O2. The molecule has 8 nitrogen and oxygen atoms in total. The second-order valence-corrected chi connectivity index (χ2v) is 7.95. The Morgan fingerprint density at radius 1 is 1.00 bits per heavy atom. The molecule has 0 spiro atoms. The van der Waals surface area contributed by atoms with Crippen molar-refractivity contribution in [2.24, 2.45) is 0 Å². The topological polar surface area (TPSA) is 104 Å². The van der Waals surface area contributed by atoms with Crippen LogP contribution in [0.5, 0.6) is 0 Å². The Bertz CT molecular complexity index is 1330. The predicted octanol–water partition coefficient (Wildman–Crippen LogP) is 3.76. The van der Waals surface area contributed by atoms with Crippen LogP contribution in [0.4, 0.5) is 10.1 Å². The lowest BCUT2D eigenvalue weighted by atomic mass is 9.93. The Labute approximate surface area is 188 Å². The number of H-pyrrole nitrogens is 1. The van der Waals surface area contributed by atoms with Crippen molar-refractivity contribution >= 4 is 28.5 Å². The van der Waals surface area contributed by atoms with Gasteiger partial charge in [-0.3, -0.25) is 19.7 Å². The summed E-state index contributed by atoms with van der Waals surface area (Å²) in [6.45, 7) is 1.13. The number of fused-ring (bicyclic) bond motifs is 1. The number of nitrogens with one attached hydrogen (secondary N) is 2. The molecule has 5 rings (SSSR count). The van der Waals surface area contributed by atoms with Crippen LogP contribution < -0.4 is 5.32 Å². The van der Waals surface area contributed by atoms with Gasteiger partial charge >= 0.3 is 0 Å². The van der Waals surface area contributed by atoms with E-state index in [1.165, 1.54) is 18.3 Å². The van der Waals surface area contributed by atoms with Gasteiger partial charge in [-0.2, -0.15) is 5.10 Å². The van der Waals surface area contributed by atoms with Gasteiger partial charge in [-0.1, -0.05) is 24.3 Å². The largest absolute Gasteiger partial charge is 0.337 e. The zero-order valence-electron chi connectivity index (χ0n) is 17.7. The molecule has 2 aromatic heterocycles. The molecule has 166 valence electrons. The minimum atomic E-state index is -0.505. The first-order valence-electron chi connectivity index (χ1n) is 10.7. The van der Waals surface area contributed by atoms with Gasteiger partial charge in [0.1, 0.15) is 11.5 Å². The highest BCUT2D eigenvalue weighted by atomic mass is 19.1. The van der Waals surface area contributed by atoms with Crippen LogP contribution in [0.15, 0.2) is 60.8 Å². The summed E-state index contributed by atoms with van der Waals surface area (Å²) in [5.41, 5.74) is 2.90. The monoisotopic (exact) mass is 444 g/mol. The number of likely N-dealkylation sites (tertiary alicyclic amines) is 1. The number of aromatic amines is 1. The predicted molar refractivity (Wildman–Crippen MR) is 120 cm³/mol. The van der Waals surface area contributed by atoms with Crippen molar-refractivity contribution in [3.8, 4) is 0 Å². The van der Waals surface area contributed by atoms with Crippen LogP contribution in [-0.4, -0.2) is 50.0 Å². The Hall–Kier alpha value is -4.14. The molecule has 33 heavy (non-hydrogen) atoms. The van der Waals surface area contributed by atoms with Crippen molar-refractivity contribution in [2.75, 3.05) is 18.4 Å². The van der Waals surface area contributed by atoms with E-state index in [1.54, 1.807) is 23.1 Å². The summed E-state index contributed by atoms with van der Waals surface area (Å²) in [6.07, 6.45) is 2.97. The summed E-state index contributed by atoms with van der Waals surface area (Å²) < 4.78 is 13.8. The SMILES string of the molecule is O=C(Nc1ccccc1F)c1cc(C2CCN(C(=O)c3cnc4ccccc4n3)CC2)[nH]n1. The van der Waals surface area contributed by atoms with E-state index in [0.717, 1.165) is 24.1 Å². The number of anilines is 1. The number of benzene rings is 2. The van der Waals surface area contributed by atoms with E-state index >= 15 is 0 Å². The van der Waals surface area contributed by atoms with Crippen LogP contribution in [0, 0.1) is 5.82 Å². The van der Waals surface area contributed by atoms with E-state index in [2.05, 4.69) is 25.5 Å². The second kappa shape index (κ2) is 8.78. The first-order valence-corrected chi connectivity index (χ1v) is 10.7. The molecule has 2 aromatic carbocycles. The van der Waals surface area contributed by atoms with Crippen LogP contribution in [-0.2, 0) is 0 Å². The van der Waals surface area contributed by atoms with E-state index in [1.807, 2.05) is 24.3 Å². The molecule has 0 aliphatic carbocycles. The van der Waals surface area contributed by atoms with Crippen molar-refractivity contribution < 1.29 is 14.0 Å². The van der Waals surface area contributed by atoms with E-state index in [9.17, 15) is 14.0 Å². The van der Waals surface area contributed by atoms with Gasteiger partial charge in [-0.05, 0) is 43.2 Å². The third kappa shape index (κ3) is 4.30. The lowest BCUT2D eigenvalue weighted by Crippen LogP contribution is -2.38. The fourth-order valence-electron chi connectivity index (χ4n) is 4.03. The van der Waals surface area contributed by atoms with E-state index < -0.39 is 11.7 Å². The van der Waals surface area contributed by atoms with Crippen molar-refractivity contribution in [3.63, 3.8) is 0 Å². The van der Waals surface area contributed by atoms with Crippen LogP contribution in [0.2, 0.25) is 0 Å². The van der Waals surface area contributed by atoms with Gasteiger partial charge in [-0.25, -0.2) is 9.37 Å². The highest BCUT2D eigenvalue weighted by Gasteiger charge is 2.27. The molecule has 2 amide bonds. The normalized spacial score (nSPS) is 14.4. The first-order chi connectivity index (χ1) is 16.1. The average Bonchev–Trinajstić information content (AvgIpc) is 3.35. The third-order valence-electron chi connectivity index (χ3n) is 5.84. The molecule has 0 unspecified atom stereocenters.